The molecule has 1 saturated carbocycles. The summed E-state index contributed by atoms with van der Waals surface area (Å²) in [4.78, 5) is 29.0. The Morgan fingerprint density at radius 2 is 2.03 bits per heavy atom. The van der Waals surface area contributed by atoms with Crippen LogP contribution in [0.3, 0.4) is 0 Å². The van der Waals surface area contributed by atoms with Crippen LogP contribution in [0.15, 0.2) is 48.1 Å². The van der Waals surface area contributed by atoms with Crippen LogP contribution in [0.4, 0.5) is 5.13 Å². The number of aliphatic hydroxyl groups is 1. The minimum Gasteiger partial charge on any atom is -0.393 e. The highest BCUT2D eigenvalue weighted by Gasteiger charge is 2.21. The highest BCUT2D eigenvalue weighted by Crippen LogP contribution is 2.35. The Kier molecular flexibility index (Phi) is 7.07. The SMILES string of the molecule is CN(O)n1ccc(C(=O)NCC(=O)Nc2nc(-c3cccc(C4CCC(O)CC4)c3)cs2)c1. The number of aliphatic hydroxyl groups excluding tert-OH is 1. The van der Waals surface area contributed by atoms with Gasteiger partial charge in [-0.15, -0.1) is 11.3 Å². The van der Waals surface area contributed by atoms with Gasteiger partial charge in [0.2, 0.25) is 5.91 Å². The van der Waals surface area contributed by atoms with E-state index in [1.165, 1.54) is 47.1 Å². The first-order valence-corrected chi connectivity index (χ1v) is 11.7. The standard InChI is InChI=1S/C23H27N5O4S/c1-27(32)28-10-9-18(13-28)22(31)24-12-21(30)26-23-25-20(14-33-23)17-4-2-3-16(11-17)15-5-7-19(29)8-6-15/h2-4,9-11,13-15,19,29,32H,5-8,12H2,1H3,(H,24,31)(H,25,26,30). The van der Waals surface area contributed by atoms with Crippen LogP contribution in [0.1, 0.15) is 47.5 Å². The van der Waals surface area contributed by atoms with Gasteiger partial charge in [-0.2, -0.15) is 5.17 Å². The maximum Gasteiger partial charge on any atom is 0.253 e. The minimum atomic E-state index is -0.419. The van der Waals surface area contributed by atoms with E-state index in [1.807, 2.05) is 17.5 Å². The fraction of sp³-hybridized carbons (Fsp3) is 0.348. The summed E-state index contributed by atoms with van der Waals surface area (Å²) in [5.74, 6) is -0.348. The first kappa shape index (κ1) is 23.0. The Hall–Kier alpha value is -3.21. The van der Waals surface area contributed by atoms with Crippen LogP contribution in [0.25, 0.3) is 11.3 Å². The zero-order valence-corrected chi connectivity index (χ0v) is 19.1. The van der Waals surface area contributed by atoms with E-state index in [0.29, 0.717) is 16.6 Å². The van der Waals surface area contributed by atoms with Crippen molar-refractivity contribution in [3.05, 3.63) is 59.2 Å². The number of hydroxylamine groups is 1. The van der Waals surface area contributed by atoms with Gasteiger partial charge in [-0.25, -0.2) is 9.66 Å². The quantitative estimate of drug-likeness (QED) is 0.395. The fourth-order valence-corrected chi connectivity index (χ4v) is 4.69. The van der Waals surface area contributed by atoms with Crippen LogP contribution < -0.4 is 15.8 Å². The molecule has 1 fully saturated rings. The fourth-order valence-electron chi connectivity index (χ4n) is 3.95. The van der Waals surface area contributed by atoms with Gasteiger partial charge in [-0.05, 0) is 49.3 Å². The third kappa shape index (κ3) is 5.78. The minimum absolute atomic E-state index is 0.179. The molecule has 1 aliphatic carbocycles. The number of amides is 2. The molecule has 9 nitrogen and oxygen atoms in total. The Balaban J connectivity index is 1.32. The van der Waals surface area contributed by atoms with Gasteiger partial charge in [0, 0.05) is 23.3 Å². The average molecular weight is 470 g/mol. The number of hydrogen-bond donors (Lipinski definition) is 4. The number of carbonyl (C=O) groups excluding carboxylic acids is 2. The molecule has 0 saturated heterocycles. The van der Waals surface area contributed by atoms with Crippen molar-refractivity contribution in [3.63, 3.8) is 0 Å². The molecule has 0 radical (unpaired) electrons. The molecule has 3 aromatic rings. The van der Waals surface area contributed by atoms with Crippen LogP contribution in [0, 0.1) is 0 Å². The van der Waals surface area contributed by atoms with Gasteiger partial charge < -0.3 is 15.7 Å². The summed E-state index contributed by atoms with van der Waals surface area (Å²) in [6.45, 7) is -0.198. The van der Waals surface area contributed by atoms with Crippen LogP contribution in [0.5, 0.6) is 0 Å². The van der Waals surface area contributed by atoms with Crippen LogP contribution >= 0.6 is 11.3 Å². The number of aromatic nitrogens is 2. The predicted octanol–water partition coefficient (Wildman–Crippen LogP) is 2.96. The normalized spacial score (nSPS) is 18.0. The molecule has 1 aromatic carbocycles. The predicted molar refractivity (Wildman–Crippen MR) is 126 cm³/mol. The number of thiazole rings is 1. The average Bonchev–Trinajstić information content (AvgIpc) is 3.48. The third-order valence-electron chi connectivity index (χ3n) is 5.79. The molecule has 0 spiro atoms. The van der Waals surface area contributed by atoms with Gasteiger partial charge in [0.15, 0.2) is 5.13 Å². The molecule has 4 N–H and O–H groups in total. The molecular formula is C23H27N5O4S. The summed E-state index contributed by atoms with van der Waals surface area (Å²) in [5.41, 5.74) is 3.35. The summed E-state index contributed by atoms with van der Waals surface area (Å²) in [6.07, 6.45) is 6.43. The molecule has 1 aliphatic rings. The van der Waals surface area contributed by atoms with Gasteiger partial charge in [0.05, 0.1) is 31.0 Å². The molecule has 0 atom stereocenters. The second-order valence-electron chi connectivity index (χ2n) is 8.17. The number of nitrogens with zero attached hydrogens (tertiary/aromatic N) is 3. The summed E-state index contributed by atoms with van der Waals surface area (Å²) < 4.78 is 1.33. The van der Waals surface area contributed by atoms with E-state index in [2.05, 4.69) is 27.8 Å². The number of anilines is 1. The van der Waals surface area contributed by atoms with Crippen molar-refractivity contribution in [2.45, 2.75) is 37.7 Å². The lowest BCUT2D eigenvalue weighted by Crippen LogP contribution is -2.32. The van der Waals surface area contributed by atoms with Gasteiger partial charge >= 0.3 is 0 Å². The van der Waals surface area contributed by atoms with Crippen molar-refractivity contribution in [1.29, 1.82) is 0 Å². The highest BCUT2D eigenvalue weighted by atomic mass is 32.1. The number of nitrogens with one attached hydrogen (secondary N) is 2. The molecule has 4 rings (SSSR count). The molecule has 33 heavy (non-hydrogen) atoms. The number of benzene rings is 1. The molecule has 174 valence electrons. The number of carbonyl (C=O) groups is 2. The smallest absolute Gasteiger partial charge is 0.253 e. The summed E-state index contributed by atoms with van der Waals surface area (Å²) >= 11 is 1.33. The van der Waals surface area contributed by atoms with E-state index >= 15 is 0 Å². The largest absolute Gasteiger partial charge is 0.393 e. The van der Waals surface area contributed by atoms with E-state index < -0.39 is 5.91 Å². The molecule has 0 aliphatic heterocycles. The molecule has 10 heteroatoms. The first-order chi connectivity index (χ1) is 15.9. The molecule has 2 heterocycles. The van der Waals surface area contributed by atoms with Crippen molar-refractivity contribution in [3.8, 4) is 11.3 Å². The van der Waals surface area contributed by atoms with Gasteiger partial charge in [0.1, 0.15) is 0 Å². The Morgan fingerprint density at radius 3 is 2.76 bits per heavy atom. The molecule has 2 amide bonds. The zero-order chi connectivity index (χ0) is 23.4. The Bertz CT molecular complexity index is 1120. The molecular weight excluding hydrogens is 442 g/mol. The van der Waals surface area contributed by atoms with Gasteiger partial charge in [-0.1, -0.05) is 18.2 Å². The van der Waals surface area contributed by atoms with Crippen molar-refractivity contribution in [2.24, 2.45) is 0 Å². The second kappa shape index (κ2) is 10.2. The third-order valence-corrected chi connectivity index (χ3v) is 6.54. The lowest BCUT2D eigenvalue weighted by molar-refractivity contribution is -0.115. The van der Waals surface area contributed by atoms with Crippen LogP contribution in [-0.4, -0.2) is 51.5 Å². The lowest BCUT2D eigenvalue weighted by atomic mass is 9.82. The Morgan fingerprint density at radius 1 is 1.24 bits per heavy atom. The van der Waals surface area contributed by atoms with E-state index in [1.54, 1.807) is 0 Å². The van der Waals surface area contributed by atoms with Crippen molar-refractivity contribution >= 4 is 28.3 Å². The number of rotatable bonds is 7. The maximum absolute atomic E-state index is 12.3. The first-order valence-electron chi connectivity index (χ1n) is 10.8. The van der Waals surface area contributed by atoms with Gasteiger partial charge in [-0.3, -0.25) is 14.8 Å². The molecule has 2 aromatic heterocycles. The van der Waals surface area contributed by atoms with Gasteiger partial charge in [0.25, 0.3) is 5.91 Å². The lowest BCUT2D eigenvalue weighted by Gasteiger charge is -2.25. The number of hydrogen-bond acceptors (Lipinski definition) is 7. The Labute approximate surface area is 195 Å². The maximum atomic E-state index is 12.3. The summed E-state index contributed by atoms with van der Waals surface area (Å²) in [7, 11) is 1.43. The summed E-state index contributed by atoms with van der Waals surface area (Å²) in [5, 5.41) is 27.6. The second-order valence-corrected chi connectivity index (χ2v) is 9.03. The van der Waals surface area contributed by atoms with Crippen LogP contribution in [-0.2, 0) is 4.79 Å². The van der Waals surface area contributed by atoms with Crippen molar-refractivity contribution in [2.75, 3.05) is 24.1 Å². The highest BCUT2D eigenvalue weighted by molar-refractivity contribution is 7.14. The molecule has 0 unspecified atom stereocenters. The summed E-state index contributed by atoms with van der Waals surface area (Å²) in [6, 6.07) is 9.81. The van der Waals surface area contributed by atoms with E-state index in [-0.39, 0.29) is 18.6 Å². The van der Waals surface area contributed by atoms with Crippen molar-refractivity contribution < 1.29 is 19.9 Å². The zero-order valence-electron chi connectivity index (χ0n) is 18.3. The monoisotopic (exact) mass is 469 g/mol. The van der Waals surface area contributed by atoms with E-state index in [4.69, 9.17) is 0 Å². The van der Waals surface area contributed by atoms with E-state index in [9.17, 15) is 19.9 Å². The molecule has 0 bridgehead atoms. The van der Waals surface area contributed by atoms with Crippen LogP contribution in [0.2, 0.25) is 0 Å². The van der Waals surface area contributed by atoms with Crippen molar-refractivity contribution in [1.82, 2.24) is 15.0 Å². The topological polar surface area (TPSA) is 120 Å². The van der Waals surface area contributed by atoms with E-state index in [0.717, 1.165) is 42.1 Å².